The van der Waals surface area contributed by atoms with Crippen LogP contribution in [0.4, 0.5) is 0 Å². The van der Waals surface area contributed by atoms with Gasteiger partial charge in [-0.2, -0.15) is 0 Å². The standard InChI is InChI=1S/C11H25N.C10H20O2/c1-2-3-4-5-6-7-8-9-10-11-12;1-2-3-4-5-6-7-8-9-10(11)12/h2-12H2,1H3;2-9H2,1H3,(H,11,12). The fraction of sp³-hybridized carbons (Fsp3) is 0.952. The van der Waals surface area contributed by atoms with Gasteiger partial charge in [0.1, 0.15) is 0 Å². The SMILES string of the molecule is CCCCCCCCCC(=O)O.CCCCCCCCCCCN. The Hall–Kier alpha value is -0.570. The Labute approximate surface area is 151 Å². The number of carboxylic acids is 1. The zero-order chi connectivity index (χ0) is 18.3. The molecule has 24 heavy (non-hydrogen) atoms. The number of hydrogen-bond acceptors (Lipinski definition) is 2. The zero-order valence-electron chi connectivity index (χ0n) is 16.7. The van der Waals surface area contributed by atoms with Gasteiger partial charge >= 0.3 is 5.97 Å². The van der Waals surface area contributed by atoms with Gasteiger partial charge < -0.3 is 10.8 Å². The molecule has 0 unspecified atom stereocenters. The monoisotopic (exact) mass is 343 g/mol. The molecule has 0 fully saturated rings. The predicted octanol–water partition coefficient (Wildman–Crippen LogP) is 6.69. The Bertz CT molecular complexity index is 222. The molecule has 0 bridgehead atoms. The highest BCUT2D eigenvalue weighted by Gasteiger charge is 1.95. The molecule has 3 nitrogen and oxygen atoms in total. The van der Waals surface area contributed by atoms with E-state index >= 15 is 0 Å². The number of hydrogen-bond donors (Lipinski definition) is 2. The number of nitrogens with two attached hydrogens (primary N) is 1. The third kappa shape index (κ3) is 29.4. The van der Waals surface area contributed by atoms with Gasteiger partial charge in [0.05, 0.1) is 0 Å². The summed E-state index contributed by atoms with van der Waals surface area (Å²) in [7, 11) is 0. The topological polar surface area (TPSA) is 63.3 Å². The summed E-state index contributed by atoms with van der Waals surface area (Å²) in [5.74, 6) is -0.663. The maximum absolute atomic E-state index is 10.1. The first-order valence-electron chi connectivity index (χ1n) is 10.6. The van der Waals surface area contributed by atoms with Crippen LogP contribution in [0.1, 0.15) is 123 Å². The number of aliphatic carboxylic acids is 1. The third-order valence-corrected chi connectivity index (χ3v) is 4.30. The van der Waals surface area contributed by atoms with Gasteiger partial charge in [0, 0.05) is 6.42 Å². The second-order valence-electron chi connectivity index (χ2n) is 6.88. The molecule has 3 heteroatoms. The number of carbonyl (C=O) groups is 1. The smallest absolute Gasteiger partial charge is 0.303 e. The van der Waals surface area contributed by atoms with Crippen molar-refractivity contribution in [1.82, 2.24) is 0 Å². The number of carboxylic acid groups (broad SMARTS) is 1. The second-order valence-corrected chi connectivity index (χ2v) is 6.88. The Morgan fingerprint density at radius 2 is 0.958 bits per heavy atom. The zero-order valence-corrected chi connectivity index (χ0v) is 16.7. The van der Waals surface area contributed by atoms with Crippen molar-refractivity contribution in [3.8, 4) is 0 Å². The highest BCUT2D eigenvalue weighted by Crippen LogP contribution is 2.09. The van der Waals surface area contributed by atoms with Crippen LogP contribution in [-0.2, 0) is 4.79 Å². The molecule has 0 saturated carbocycles. The Kier molecular flexibility index (Phi) is 26.4. The van der Waals surface area contributed by atoms with Gasteiger partial charge in [-0.15, -0.1) is 0 Å². The van der Waals surface area contributed by atoms with Crippen LogP contribution in [0.3, 0.4) is 0 Å². The number of rotatable bonds is 17. The molecule has 0 aliphatic heterocycles. The summed E-state index contributed by atoms with van der Waals surface area (Å²) in [5.41, 5.74) is 5.41. The molecule has 146 valence electrons. The molecular weight excluding hydrogens is 298 g/mol. The Morgan fingerprint density at radius 3 is 1.29 bits per heavy atom. The normalized spacial score (nSPS) is 10.3. The van der Waals surface area contributed by atoms with Crippen LogP contribution in [0, 0.1) is 0 Å². The van der Waals surface area contributed by atoms with Crippen LogP contribution in [0.15, 0.2) is 0 Å². The molecular formula is C21H45NO2. The minimum atomic E-state index is -0.663. The van der Waals surface area contributed by atoms with Crippen molar-refractivity contribution in [2.75, 3.05) is 6.54 Å². The fourth-order valence-electron chi connectivity index (χ4n) is 2.69. The van der Waals surface area contributed by atoms with Crippen LogP contribution in [-0.4, -0.2) is 17.6 Å². The van der Waals surface area contributed by atoms with E-state index < -0.39 is 5.97 Å². The lowest BCUT2D eigenvalue weighted by Gasteiger charge is -1.99. The van der Waals surface area contributed by atoms with Crippen molar-refractivity contribution in [2.45, 2.75) is 123 Å². The minimum absolute atomic E-state index is 0.341. The Balaban J connectivity index is 0. The molecule has 0 spiro atoms. The summed E-state index contributed by atoms with van der Waals surface area (Å²) < 4.78 is 0. The quantitative estimate of drug-likeness (QED) is 0.289. The van der Waals surface area contributed by atoms with Crippen LogP contribution >= 0.6 is 0 Å². The Morgan fingerprint density at radius 1 is 0.625 bits per heavy atom. The van der Waals surface area contributed by atoms with Crippen molar-refractivity contribution >= 4 is 5.97 Å². The van der Waals surface area contributed by atoms with E-state index in [9.17, 15) is 4.79 Å². The van der Waals surface area contributed by atoms with Gasteiger partial charge in [-0.25, -0.2) is 0 Å². The van der Waals surface area contributed by atoms with Crippen molar-refractivity contribution in [3.63, 3.8) is 0 Å². The summed E-state index contributed by atoms with van der Waals surface area (Å²) in [5, 5.41) is 8.35. The first kappa shape index (κ1) is 25.7. The van der Waals surface area contributed by atoms with E-state index in [2.05, 4.69) is 13.8 Å². The van der Waals surface area contributed by atoms with Crippen molar-refractivity contribution in [2.24, 2.45) is 5.73 Å². The second kappa shape index (κ2) is 24.7. The van der Waals surface area contributed by atoms with E-state index in [1.54, 1.807) is 0 Å². The molecule has 0 rings (SSSR count). The van der Waals surface area contributed by atoms with Crippen molar-refractivity contribution in [3.05, 3.63) is 0 Å². The summed E-state index contributed by atoms with van der Waals surface area (Å²) in [6.07, 6.45) is 21.1. The van der Waals surface area contributed by atoms with Gasteiger partial charge in [0.15, 0.2) is 0 Å². The molecule has 0 aliphatic carbocycles. The van der Waals surface area contributed by atoms with E-state index in [4.69, 9.17) is 10.8 Å². The fourth-order valence-corrected chi connectivity index (χ4v) is 2.69. The average molecular weight is 344 g/mol. The van der Waals surface area contributed by atoms with Gasteiger partial charge in [-0.1, -0.05) is 104 Å². The van der Waals surface area contributed by atoms with E-state index in [1.165, 1.54) is 89.9 Å². The average Bonchev–Trinajstić information content (AvgIpc) is 2.57. The largest absolute Gasteiger partial charge is 0.481 e. The lowest BCUT2D eigenvalue weighted by atomic mass is 10.1. The summed E-state index contributed by atoms with van der Waals surface area (Å²) in [6.45, 7) is 5.33. The molecule has 0 radical (unpaired) electrons. The summed E-state index contributed by atoms with van der Waals surface area (Å²) in [6, 6.07) is 0. The van der Waals surface area contributed by atoms with E-state index in [0.29, 0.717) is 6.42 Å². The van der Waals surface area contributed by atoms with Crippen LogP contribution in [0.2, 0.25) is 0 Å². The molecule has 0 aromatic heterocycles. The van der Waals surface area contributed by atoms with Gasteiger partial charge in [0.25, 0.3) is 0 Å². The van der Waals surface area contributed by atoms with Gasteiger partial charge in [-0.3, -0.25) is 4.79 Å². The summed E-state index contributed by atoms with van der Waals surface area (Å²) >= 11 is 0. The van der Waals surface area contributed by atoms with Gasteiger partial charge in [0.2, 0.25) is 0 Å². The number of unbranched alkanes of at least 4 members (excludes halogenated alkanes) is 14. The molecule has 0 aromatic rings. The lowest BCUT2D eigenvalue weighted by Crippen LogP contribution is -1.97. The van der Waals surface area contributed by atoms with Crippen LogP contribution < -0.4 is 5.73 Å². The molecule has 3 N–H and O–H groups in total. The first-order valence-corrected chi connectivity index (χ1v) is 10.6. The maximum atomic E-state index is 10.1. The van der Waals surface area contributed by atoms with E-state index in [1.807, 2.05) is 0 Å². The first-order chi connectivity index (χ1) is 11.7. The van der Waals surface area contributed by atoms with E-state index in [-0.39, 0.29) is 0 Å². The van der Waals surface area contributed by atoms with Crippen molar-refractivity contribution in [1.29, 1.82) is 0 Å². The molecule has 0 aliphatic rings. The highest BCUT2D eigenvalue weighted by atomic mass is 16.4. The van der Waals surface area contributed by atoms with Crippen LogP contribution in [0.25, 0.3) is 0 Å². The predicted molar refractivity (Wildman–Crippen MR) is 107 cm³/mol. The molecule has 0 aromatic carbocycles. The maximum Gasteiger partial charge on any atom is 0.303 e. The van der Waals surface area contributed by atoms with Crippen LogP contribution in [0.5, 0.6) is 0 Å². The van der Waals surface area contributed by atoms with Gasteiger partial charge in [-0.05, 0) is 19.4 Å². The molecule has 0 saturated heterocycles. The summed E-state index contributed by atoms with van der Waals surface area (Å²) in [4.78, 5) is 10.1. The lowest BCUT2D eigenvalue weighted by molar-refractivity contribution is -0.137. The molecule has 0 amide bonds. The highest BCUT2D eigenvalue weighted by molar-refractivity contribution is 5.66. The molecule has 0 atom stereocenters. The van der Waals surface area contributed by atoms with Crippen molar-refractivity contribution < 1.29 is 9.90 Å². The van der Waals surface area contributed by atoms with E-state index in [0.717, 1.165) is 19.4 Å². The third-order valence-electron chi connectivity index (χ3n) is 4.30. The minimum Gasteiger partial charge on any atom is -0.481 e. The molecule has 0 heterocycles.